The van der Waals surface area contributed by atoms with Crippen LogP contribution in [0.1, 0.15) is 5.89 Å². The Bertz CT molecular complexity index is 593. The van der Waals surface area contributed by atoms with Gasteiger partial charge in [0.15, 0.2) is 11.5 Å². The molecule has 3 rings (SSSR count). The van der Waals surface area contributed by atoms with E-state index in [1.807, 2.05) is 0 Å². The summed E-state index contributed by atoms with van der Waals surface area (Å²) in [5.41, 5.74) is 2.03. The number of hydrogen-bond donors (Lipinski definition) is 1. The van der Waals surface area contributed by atoms with E-state index in [1.54, 1.807) is 7.11 Å². The van der Waals surface area contributed by atoms with E-state index in [9.17, 15) is 4.39 Å². The topological polar surface area (TPSA) is 50.5 Å². The zero-order valence-electron chi connectivity index (χ0n) is 11.5. The molecule has 0 bridgehead atoms. The Hall–Kier alpha value is -1.66. The van der Waals surface area contributed by atoms with Crippen LogP contribution in [0.5, 0.6) is 0 Å². The maximum absolute atomic E-state index is 13.8. The fourth-order valence-corrected chi connectivity index (χ4v) is 2.46. The van der Waals surface area contributed by atoms with Gasteiger partial charge in [0.25, 0.3) is 0 Å². The van der Waals surface area contributed by atoms with Crippen LogP contribution in [0.4, 0.5) is 10.1 Å². The van der Waals surface area contributed by atoms with Gasteiger partial charge >= 0.3 is 0 Å². The fraction of sp³-hybridized carbons (Fsp3) is 0.500. The van der Waals surface area contributed by atoms with E-state index < -0.39 is 0 Å². The first-order chi connectivity index (χ1) is 9.78. The average molecular weight is 279 g/mol. The van der Waals surface area contributed by atoms with Crippen LogP contribution < -0.4 is 10.2 Å². The quantitative estimate of drug-likeness (QED) is 0.920. The number of benzene rings is 1. The second kappa shape index (κ2) is 5.76. The van der Waals surface area contributed by atoms with E-state index in [1.165, 1.54) is 12.1 Å². The fourth-order valence-electron chi connectivity index (χ4n) is 2.46. The van der Waals surface area contributed by atoms with E-state index in [-0.39, 0.29) is 5.82 Å². The molecular formula is C14H18FN3O2. The molecule has 1 saturated heterocycles. The maximum atomic E-state index is 13.8. The van der Waals surface area contributed by atoms with Crippen molar-refractivity contribution in [3.05, 3.63) is 23.8 Å². The van der Waals surface area contributed by atoms with Crippen molar-refractivity contribution in [2.45, 2.75) is 6.42 Å². The number of hydrogen-bond acceptors (Lipinski definition) is 5. The monoisotopic (exact) mass is 279 g/mol. The number of methoxy groups -OCH3 is 1. The van der Waals surface area contributed by atoms with E-state index in [0.717, 1.165) is 31.9 Å². The first-order valence-corrected chi connectivity index (χ1v) is 6.81. The molecule has 2 aromatic rings. The van der Waals surface area contributed by atoms with Crippen LogP contribution in [-0.2, 0) is 11.2 Å². The molecule has 1 fully saturated rings. The number of nitrogens with one attached hydrogen (secondary N) is 1. The van der Waals surface area contributed by atoms with Gasteiger partial charge in [0.05, 0.1) is 12.3 Å². The highest BCUT2D eigenvalue weighted by atomic mass is 19.1. The van der Waals surface area contributed by atoms with Crippen LogP contribution in [-0.4, -0.2) is 44.9 Å². The van der Waals surface area contributed by atoms with Gasteiger partial charge in [-0.3, -0.25) is 0 Å². The number of oxazole rings is 1. The van der Waals surface area contributed by atoms with Crippen molar-refractivity contribution in [1.82, 2.24) is 10.3 Å². The van der Waals surface area contributed by atoms with Gasteiger partial charge in [0.1, 0.15) is 11.3 Å². The summed E-state index contributed by atoms with van der Waals surface area (Å²) in [6.45, 7) is 4.00. The second-order valence-corrected chi connectivity index (χ2v) is 4.86. The SMILES string of the molecule is COCCc1nc2cc(F)cc(N3CCNCC3)c2o1. The molecule has 108 valence electrons. The third-order valence-electron chi connectivity index (χ3n) is 3.46. The lowest BCUT2D eigenvalue weighted by Gasteiger charge is -2.29. The number of aromatic nitrogens is 1. The summed E-state index contributed by atoms with van der Waals surface area (Å²) in [4.78, 5) is 6.47. The lowest BCUT2D eigenvalue weighted by atomic mass is 10.2. The summed E-state index contributed by atoms with van der Waals surface area (Å²) in [7, 11) is 1.63. The molecule has 2 heterocycles. The molecule has 5 nitrogen and oxygen atoms in total. The normalized spacial score (nSPS) is 16.0. The number of halogens is 1. The highest BCUT2D eigenvalue weighted by Crippen LogP contribution is 2.29. The molecule has 0 spiro atoms. The molecule has 0 radical (unpaired) electrons. The van der Waals surface area contributed by atoms with E-state index in [4.69, 9.17) is 9.15 Å². The van der Waals surface area contributed by atoms with Gasteiger partial charge < -0.3 is 19.4 Å². The highest BCUT2D eigenvalue weighted by Gasteiger charge is 2.18. The summed E-state index contributed by atoms with van der Waals surface area (Å²) in [6.07, 6.45) is 0.591. The third kappa shape index (κ3) is 2.62. The Labute approximate surface area is 116 Å². The Morgan fingerprint density at radius 3 is 2.95 bits per heavy atom. The van der Waals surface area contributed by atoms with Crippen LogP contribution in [0.25, 0.3) is 11.1 Å². The Kier molecular flexibility index (Phi) is 3.84. The number of anilines is 1. The summed E-state index contributed by atoms with van der Waals surface area (Å²) >= 11 is 0. The zero-order chi connectivity index (χ0) is 13.9. The molecule has 0 amide bonds. The molecule has 0 saturated carbocycles. The van der Waals surface area contributed by atoms with Gasteiger partial charge in [-0.05, 0) is 0 Å². The molecule has 20 heavy (non-hydrogen) atoms. The number of piperazine rings is 1. The number of fused-ring (bicyclic) bond motifs is 1. The summed E-state index contributed by atoms with van der Waals surface area (Å²) in [5, 5.41) is 3.28. The molecule has 1 aliphatic heterocycles. The van der Waals surface area contributed by atoms with Gasteiger partial charge in [0, 0.05) is 51.8 Å². The number of ether oxygens (including phenoxy) is 1. The minimum atomic E-state index is -0.280. The zero-order valence-corrected chi connectivity index (χ0v) is 11.5. The van der Waals surface area contributed by atoms with Crippen LogP contribution in [0.3, 0.4) is 0 Å². The van der Waals surface area contributed by atoms with Crippen molar-refractivity contribution >= 4 is 16.8 Å². The second-order valence-electron chi connectivity index (χ2n) is 4.86. The van der Waals surface area contributed by atoms with Gasteiger partial charge in [-0.2, -0.15) is 0 Å². The first kappa shape index (κ1) is 13.3. The molecular weight excluding hydrogens is 261 g/mol. The molecule has 1 N–H and O–H groups in total. The largest absolute Gasteiger partial charge is 0.438 e. The lowest BCUT2D eigenvalue weighted by molar-refractivity contribution is 0.196. The summed E-state index contributed by atoms with van der Waals surface area (Å²) in [6, 6.07) is 2.94. The smallest absolute Gasteiger partial charge is 0.197 e. The van der Waals surface area contributed by atoms with Gasteiger partial charge in [0.2, 0.25) is 0 Å². The van der Waals surface area contributed by atoms with E-state index in [2.05, 4.69) is 15.2 Å². The Morgan fingerprint density at radius 2 is 2.20 bits per heavy atom. The van der Waals surface area contributed by atoms with Gasteiger partial charge in [-0.25, -0.2) is 9.37 Å². The van der Waals surface area contributed by atoms with Crippen molar-refractivity contribution in [2.75, 3.05) is 44.8 Å². The Morgan fingerprint density at radius 1 is 1.40 bits per heavy atom. The number of nitrogens with zero attached hydrogens (tertiary/aromatic N) is 2. The molecule has 0 unspecified atom stereocenters. The van der Waals surface area contributed by atoms with Crippen LogP contribution >= 0.6 is 0 Å². The highest BCUT2D eigenvalue weighted by molar-refractivity contribution is 5.87. The molecule has 1 aromatic heterocycles. The Balaban J connectivity index is 1.98. The predicted octanol–water partition coefficient (Wildman–Crippen LogP) is 1.57. The van der Waals surface area contributed by atoms with Crippen molar-refractivity contribution in [2.24, 2.45) is 0 Å². The molecule has 6 heteroatoms. The predicted molar refractivity (Wildman–Crippen MR) is 74.6 cm³/mol. The van der Waals surface area contributed by atoms with Crippen molar-refractivity contribution in [3.63, 3.8) is 0 Å². The summed E-state index contributed by atoms with van der Waals surface area (Å²) < 4.78 is 24.6. The van der Waals surface area contributed by atoms with Crippen LogP contribution in [0.15, 0.2) is 16.5 Å². The van der Waals surface area contributed by atoms with Crippen LogP contribution in [0.2, 0.25) is 0 Å². The molecule has 1 aliphatic rings. The molecule has 0 aliphatic carbocycles. The van der Waals surface area contributed by atoms with E-state index >= 15 is 0 Å². The number of rotatable bonds is 4. The first-order valence-electron chi connectivity index (χ1n) is 6.81. The minimum Gasteiger partial charge on any atom is -0.438 e. The van der Waals surface area contributed by atoms with Crippen molar-refractivity contribution < 1.29 is 13.5 Å². The van der Waals surface area contributed by atoms with E-state index in [0.29, 0.717) is 30.0 Å². The molecule has 1 aromatic carbocycles. The standard InChI is InChI=1S/C14H18FN3O2/c1-19-7-2-13-17-11-8-10(15)9-12(14(11)20-13)18-5-3-16-4-6-18/h8-9,16H,2-7H2,1H3. The minimum absolute atomic E-state index is 0.280. The third-order valence-corrected chi connectivity index (χ3v) is 3.46. The summed E-state index contributed by atoms with van der Waals surface area (Å²) in [5.74, 6) is 0.307. The van der Waals surface area contributed by atoms with Gasteiger partial charge in [-0.1, -0.05) is 0 Å². The van der Waals surface area contributed by atoms with Crippen LogP contribution in [0, 0.1) is 5.82 Å². The van der Waals surface area contributed by atoms with Gasteiger partial charge in [-0.15, -0.1) is 0 Å². The van der Waals surface area contributed by atoms with Crippen molar-refractivity contribution in [1.29, 1.82) is 0 Å². The average Bonchev–Trinajstić information content (AvgIpc) is 2.87. The lowest BCUT2D eigenvalue weighted by Crippen LogP contribution is -2.43. The van der Waals surface area contributed by atoms with Crippen molar-refractivity contribution in [3.8, 4) is 0 Å². The maximum Gasteiger partial charge on any atom is 0.197 e. The molecule has 0 atom stereocenters.